The largest absolute Gasteiger partial charge is 0.477 e. The van der Waals surface area contributed by atoms with Crippen LogP contribution in [0.4, 0.5) is 4.79 Å². The van der Waals surface area contributed by atoms with Crippen LogP contribution in [0.1, 0.15) is 11.8 Å². The van der Waals surface area contributed by atoms with Crippen molar-refractivity contribution in [3.63, 3.8) is 0 Å². The molecule has 11 nitrogen and oxygen atoms in total. The molecular formula is C17H18N4O7S2. The second-order valence-corrected chi connectivity index (χ2v) is 8.58. The Hall–Kier alpha value is -3.06. The number of aliphatic carboxylic acids is 1. The number of urea groups is 1. The minimum absolute atomic E-state index is 0.0240. The van der Waals surface area contributed by atoms with Crippen LogP contribution < -0.4 is 16.4 Å². The molecule has 3 heterocycles. The third kappa shape index (κ3) is 3.98. The van der Waals surface area contributed by atoms with Gasteiger partial charge in [0.05, 0.1) is 6.42 Å². The molecule has 13 heteroatoms. The molecule has 2 atom stereocenters. The normalized spacial score (nSPS) is 22.6. The Morgan fingerprint density at radius 3 is 2.67 bits per heavy atom. The Morgan fingerprint density at radius 1 is 1.37 bits per heavy atom. The molecule has 0 saturated carbocycles. The minimum atomic E-state index is -1.88. The number of nitrogens with zero attached hydrogens (tertiary/aromatic N) is 1. The molecule has 0 bridgehead atoms. The summed E-state index contributed by atoms with van der Waals surface area (Å²) in [5.74, 6) is -3.28. The maximum absolute atomic E-state index is 13.0. The monoisotopic (exact) mass is 454 g/mol. The van der Waals surface area contributed by atoms with Gasteiger partial charge in [-0.25, -0.2) is 9.59 Å². The van der Waals surface area contributed by atoms with E-state index in [1.54, 1.807) is 17.5 Å². The molecule has 0 aromatic carbocycles. The number of carboxylic acid groups (broad SMARTS) is 1. The number of nitrogens with two attached hydrogens (primary N) is 1. The van der Waals surface area contributed by atoms with Crippen molar-refractivity contribution in [3.8, 4) is 0 Å². The first-order chi connectivity index (χ1) is 14.2. The SMILES string of the molecule is CC(=O)OCC1=C(C(=O)O)N2C(=O)C(NC(N)=O)(NC(=O)Cc3cccs3)[C@H]2SC1. The summed E-state index contributed by atoms with van der Waals surface area (Å²) in [5.41, 5.74) is 3.22. The van der Waals surface area contributed by atoms with Gasteiger partial charge >= 0.3 is 18.0 Å². The van der Waals surface area contributed by atoms with Crippen molar-refractivity contribution in [3.05, 3.63) is 33.7 Å². The van der Waals surface area contributed by atoms with Crippen LogP contribution in [0.3, 0.4) is 0 Å². The van der Waals surface area contributed by atoms with Gasteiger partial charge in [0.1, 0.15) is 17.7 Å². The lowest BCUT2D eigenvalue weighted by atomic mass is 9.94. The summed E-state index contributed by atoms with van der Waals surface area (Å²) in [4.78, 5) is 61.7. The van der Waals surface area contributed by atoms with E-state index in [9.17, 15) is 29.1 Å². The molecule has 0 aliphatic carbocycles. The number of esters is 1. The van der Waals surface area contributed by atoms with Crippen LogP contribution in [0.25, 0.3) is 0 Å². The van der Waals surface area contributed by atoms with Gasteiger partial charge in [-0.05, 0) is 11.4 Å². The fourth-order valence-corrected chi connectivity index (χ4v) is 5.31. The van der Waals surface area contributed by atoms with E-state index in [-0.39, 0.29) is 30.1 Å². The summed E-state index contributed by atoms with van der Waals surface area (Å²) in [7, 11) is 0. The van der Waals surface area contributed by atoms with Crippen molar-refractivity contribution < 1.29 is 33.8 Å². The molecule has 1 saturated heterocycles. The molecule has 4 amide bonds. The van der Waals surface area contributed by atoms with Crippen molar-refractivity contribution in [2.75, 3.05) is 12.4 Å². The third-order valence-electron chi connectivity index (χ3n) is 4.38. The first-order valence-electron chi connectivity index (χ1n) is 8.60. The number of hydrogen-bond acceptors (Lipinski definition) is 8. The smallest absolute Gasteiger partial charge is 0.352 e. The van der Waals surface area contributed by atoms with Gasteiger partial charge in [-0.3, -0.25) is 19.3 Å². The fraction of sp³-hybridized carbons (Fsp3) is 0.353. The highest BCUT2D eigenvalue weighted by Crippen LogP contribution is 2.45. The minimum Gasteiger partial charge on any atom is -0.477 e. The van der Waals surface area contributed by atoms with E-state index in [1.807, 2.05) is 0 Å². The number of thiophene rings is 1. The summed E-state index contributed by atoms with van der Waals surface area (Å²) in [5, 5.41) is 15.3. The van der Waals surface area contributed by atoms with E-state index >= 15 is 0 Å². The van der Waals surface area contributed by atoms with Gasteiger partial charge in [0.2, 0.25) is 11.6 Å². The van der Waals surface area contributed by atoms with Crippen molar-refractivity contribution in [2.24, 2.45) is 5.73 Å². The highest BCUT2D eigenvalue weighted by molar-refractivity contribution is 8.00. The molecule has 2 aliphatic rings. The molecule has 30 heavy (non-hydrogen) atoms. The zero-order valence-corrected chi connectivity index (χ0v) is 17.3. The van der Waals surface area contributed by atoms with Gasteiger partial charge in [0, 0.05) is 23.1 Å². The van der Waals surface area contributed by atoms with Gasteiger partial charge in [-0.15, -0.1) is 23.1 Å². The van der Waals surface area contributed by atoms with E-state index in [2.05, 4.69) is 10.6 Å². The number of carbonyl (C=O) groups excluding carboxylic acids is 4. The molecule has 1 unspecified atom stereocenters. The van der Waals surface area contributed by atoms with E-state index in [0.717, 1.165) is 21.5 Å². The lowest BCUT2D eigenvalue weighted by molar-refractivity contribution is -0.161. The maximum Gasteiger partial charge on any atom is 0.352 e. The van der Waals surface area contributed by atoms with Crippen molar-refractivity contribution in [1.82, 2.24) is 15.5 Å². The van der Waals surface area contributed by atoms with E-state index in [4.69, 9.17) is 10.5 Å². The third-order valence-corrected chi connectivity index (χ3v) is 6.65. The average Bonchev–Trinajstić information content (AvgIpc) is 3.16. The Balaban J connectivity index is 1.88. The predicted octanol–water partition coefficient (Wildman–Crippen LogP) is -0.412. The lowest BCUT2D eigenvalue weighted by Crippen LogP contribution is -2.86. The average molecular weight is 454 g/mol. The highest BCUT2D eigenvalue weighted by atomic mass is 32.2. The van der Waals surface area contributed by atoms with Crippen LogP contribution in [0.2, 0.25) is 0 Å². The Bertz CT molecular complexity index is 946. The number of amides is 4. The Kier molecular flexibility index (Phi) is 6.03. The summed E-state index contributed by atoms with van der Waals surface area (Å²) in [6, 6.07) is 2.47. The quantitative estimate of drug-likeness (QED) is 0.245. The van der Waals surface area contributed by atoms with Gasteiger partial charge in [0.15, 0.2) is 0 Å². The number of thioether (sulfide) groups is 1. The number of β-lactam (4-membered cyclic amide) rings is 1. The van der Waals surface area contributed by atoms with Gasteiger partial charge in [0.25, 0.3) is 5.91 Å². The standard InChI is InChI=1S/C17H18N4O7S2/c1-8(22)28-6-9-7-30-15-17(20-16(18)27,14(26)21(15)12(9)13(24)25)19-11(23)5-10-3-2-4-29-10/h2-4,15H,5-7H2,1H3,(H,19,23)(H,24,25)(H3,18,20,27)/t15-,17?/m1/s1. The highest BCUT2D eigenvalue weighted by Gasteiger charge is 2.66. The first kappa shape index (κ1) is 21.6. The van der Waals surface area contributed by atoms with Gasteiger partial charge in [-0.2, -0.15) is 0 Å². The molecule has 1 fully saturated rings. The number of primary amides is 1. The number of rotatable bonds is 7. The maximum atomic E-state index is 13.0. The number of carboxylic acids is 1. The molecule has 5 N–H and O–H groups in total. The van der Waals surface area contributed by atoms with Gasteiger partial charge in [-0.1, -0.05) is 6.07 Å². The molecule has 0 spiro atoms. The van der Waals surface area contributed by atoms with Crippen molar-refractivity contribution in [2.45, 2.75) is 24.4 Å². The predicted molar refractivity (Wildman–Crippen MR) is 106 cm³/mol. The van der Waals surface area contributed by atoms with Crippen LogP contribution in [0.15, 0.2) is 28.8 Å². The van der Waals surface area contributed by atoms with E-state index in [1.165, 1.54) is 18.3 Å². The van der Waals surface area contributed by atoms with E-state index < -0.39 is 40.8 Å². The fourth-order valence-electron chi connectivity index (χ4n) is 3.21. The molecule has 0 radical (unpaired) electrons. The topological polar surface area (TPSA) is 168 Å². The Morgan fingerprint density at radius 2 is 2.10 bits per heavy atom. The first-order valence-corrected chi connectivity index (χ1v) is 10.5. The zero-order chi connectivity index (χ0) is 22.1. The number of carbonyl (C=O) groups is 5. The summed E-state index contributed by atoms with van der Waals surface area (Å²) < 4.78 is 4.87. The van der Waals surface area contributed by atoms with E-state index in [0.29, 0.717) is 0 Å². The number of ether oxygens (including phenoxy) is 1. The number of hydrogen-bond donors (Lipinski definition) is 4. The summed E-state index contributed by atoms with van der Waals surface area (Å²) in [6.45, 7) is 0.890. The number of nitrogens with one attached hydrogen (secondary N) is 2. The van der Waals surface area contributed by atoms with Crippen LogP contribution in [-0.2, 0) is 30.3 Å². The second kappa shape index (κ2) is 8.36. The lowest BCUT2D eigenvalue weighted by Gasteiger charge is -2.56. The molecule has 2 aliphatic heterocycles. The molecule has 160 valence electrons. The van der Waals surface area contributed by atoms with Crippen molar-refractivity contribution >= 4 is 52.9 Å². The van der Waals surface area contributed by atoms with Crippen LogP contribution in [0.5, 0.6) is 0 Å². The summed E-state index contributed by atoms with van der Waals surface area (Å²) >= 11 is 2.46. The van der Waals surface area contributed by atoms with Crippen molar-refractivity contribution in [1.29, 1.82) is 0 Å². The van der Waals surface area contributed by atoms with Crippen LogP contribution >= 0.6 is 23.1 Å². The van der Waals surface area contributed by atoms with Crippen LogP contribution in [0, 0.1) is 0 Å². The number of fused-ring (bicyclic) bond motifs is 1. The Labute approximate surface area is 178 Å². The van der Waals surface area contributed by atoms with Gasteiger partial charge < -0.3 is 26.2 Å². The molecular weight excluding hydrogens is 436 g/mol. The second-order valence-electron chi connectivity index (χ2n) is 6.48. The zero-order valence-electron chi connectivity index (χ0n) is 15.7. The molecule has 1 aromatic heterocycles. The summed E-state index contributed by atoms with van der Waals surface area (Å²) in [6.07, 6.45) is -0.0240. The van der Waals surface area contributed by atoms with Crippen LogP contribution in [-0.4, -0.2) is 63.2 Å². The molecule has 3 rings (SSSR count). The molecule has 1 aromatic rings.